The number of halogens is 1. The fraction of sp³-hybridized carbons (Fsp3) is 0.0625. The quantitative estimate of drug-likeness (QED) is 0.749. The summed E-state index contributed by atoms with van der Waals surface area (Å²) in [6.07, 6.45) is 3.72. The number of imidazole rings is 1. The van der Waals surface area contributed by atoms with Gasteiger partial charge in [0.1, 0.15) is 5.82 Å². The standard InChI is InChI=1S/C16H13FN2OS/c1-21-14-4-2-3-13(9-14)19-10-15(18-16(19)20)11-5-7-12(17)8-6-11/h2-10H,1H3,(H,18,20). The maximum atomic E-state index is 13.0. The molecule has 0 saturated carbocycles. The van der Waals surface area contributed by atoms with Crippen molar-refractivity contribution in [1.29, 1.82) is 0 Å². The molecule has 0 aliphatic heterocycles. The van der Waals surface area contributed by atoms with Crippen molar-refractivity contribution < 1.29 is 4.39 Å². The normalized spacial score (nSPS) is 10.8. The van der Waals surface area contributed by atoms with E-state index >= 15 is 0 Å². The lowest BCUT2D eigenvalue weighted by Gasteiger charge is -2.03. The molecule has 0 fully saturated rings. The number of aromatic amines is 1. The largest absolute Gasteiger partial charge is 0.330 e. The third kappa shape index (κ3) is 2.78. The maximum Gasteiger partial charge on any atom is 0.330 e. The van der Waals surface area contributed by atoms with Crippen LogP contribution in [0.25, 0.3) is 16.9 Å². The van der Waals surface area contributed by atoms with Crippen molar-refractivity contribution in [3.63, 3.8) is 0 Å². The Morgan fingerprint density at radius 3 is 2.62 bits per heavy atom. The number of benzene rings is 2. The molecule has 1 aromatic heterocycles. The average molecular weight is 300 g/mol. The third-order valence-corrected chi connectivity index (χ3v) is 3.93. The molecule has 21 heavy (non-hydrogen) atoms. The van der Waals surface area contributed by atoms with E-state index in [1.165, 1.54) is 12.1 Å². The van der Waals surface area contributed by atoms with Gasteiger partial charge in [-0.25, -0.2) is 9.18 Å². The van der Waals surface area contributed by atoms with Crippen molar-refractivity contribution in [3.05, 3.63) is 71.0 Å². The van der Waals surface area contributed by atoms with Gasteiger partial charge in [-0.05, 0) is 54.3 Å². The highest BCUT2D eigenvalue weighted by atomic mass is 32.2. The van der Waals surface area contributed by atoms with Gasteiger partial charge >= 0.3 is 5.69 Å². The fourth-order valence-electron chi connectivity index (χ4n) is 2.12. The lowest BCUT2D eigenvalue weighted by Crippen LogP contribution is -2.13. The molecule has 3 rings (SSSR count). The Labute approximate surface area is 125 Å². The summed E-state index contributed by atoms with van der Waals surface area (Å²) in [6, 6.07) is 13.8. The molecule has 0 spiro atoms. The van der Waals surface area contributed by atoms with Crippen molar-refractivity contribution in [2.75, 3.05) is 6.26 Å². The fourth-order valence-corrected chi connectivity index (χ4v) is 2.58. The SMILES string of the molecule is CSc1cccc(-n2cc(-c3ccc(F)cc3)[nH]c2=O)c1. The Morgan fingerprint density at radius 1 is 1.14 bits per heavy atom. The lowest BCUT2D eigenvalue weighted by atomic mass is 10.2. The van der Waals surface area contributed by atoms with Crippen molar-refractivity contribution in [1.82, 2.24) is 9.55 Å². The number of hydrogen-bond acceptors (Lipinski definition) is 2. The van der Waals surface area contributed by atoms with Gasteiger partial charge < -0.3 is 4.98 Å². The molecule has 5 heteroatoms. The summed E-state index contributed by atoms with van der Waals surface area (Å²) in [5.41, 5.74) is 2.02. The van der Waals surface area contributed by atoms with E-state index in [1.807, 2.05) is 30.5 Å². The number of thioether (sulfide) groups is 1. The van der Waals surface area contributed by atoms with E-state index in [0.717, 1.165) is 16.1 Å². The predicted octanol–water partition coefficient (Wildman–Crippen LogP) is 3.69. The molecule has 0 amide bonds. The molecule has 3 aromatic rings. The van der Waals surface area contributed by atoms with Crippen LogP contribution in [0.4, 0.5) is 4.39 Å². The molecule has 1 heterocycles. The summed E-state index contributed by atoms with van der Waals surface area (Å²) >= 11 is 1.62. The van der Waals surface area contributed by atoms with Crippen LogP contribution >= 0.6 is 11.8 Å². The predicted molar refractivity (Wildman–Crippen MR) is 83.6 cm³/mol. The zero-order valence-electron chi connectivity index (χ0n) is 11.3. The highest BCUT2D eigenvalue weighted by molar-refractivity contribution is 7.98. The van der Waals surface area contributed by atoms with Crippen LogP contribution in [0.2, 0.25) is 0 Å². The molecular formula is C16H13FN2OS. The summed E-state index contributed by atoms with van der Waals surface area (Å²) in [4.78, 5) is 16.0. The van der Waals surface area contributed by atoms with E-state index in [-0.39, 0.29) is 11.5 Å². The minimum Gasteiger partial charge on any atom is -0.305 e. The molecule has 0 unspecified atom stereocenters. The summed E-state index contributed by atoms with van der Waals surface area (Å²) in [5.74, 6) is -0.298. The molecule has 3 nitrogen and oxygen atoms in total. The van der Waals surface area contributed by atoms with Crippen LogP contribution in [0.1, 0.15) is 0 Å². The molecule has 1 N–H and O–H groups in total. The van der Waals surface area contributed by atoms with Gasteiger partial charge in [0.05, 0.1) is 11.4 Å². The Balaban J connectivity index is 2.05. The smallest absolute Gasteiger partial charge is 0.305 e. The first kappa shape index (κ1) is 13.7. The topological polar surface area (TPSA) is 37.8 Å². The first-order valence-corrected chi connectivity index (χ1v) is 7.62. The van der Waals surface area contributed by atoms with E-state index in [2.05, 4.69) is 4.98 Å². The average Bonchev–Trinajstić information content (AvgIpc) is 2.90. The molecule has 106 valence electrons. The summed E-state index contributed by atoms with van der Waals surface area (Å²) in [5, 5.41) is 0. The maximum absolute atomic E-state index is 13.0. The van der Waals surface area contributed by atoms with Crippen LogP contribution < -0.4 is 5.69 Å². The van der Waals surface area contributed by atoms with Gasteiger partial charge in [0.2, 0.25) is 0 Å². The van der Waals surface area contributed by atoms with Crippen LogP contribution in [0.5, 0.6) is 0 Å². The molecule has 0 bridgehead atoms. The van der Waals surface area contributed by atoms with Gasteiger partial charge in [-0.2, -0.15) is 0 Å². The number of H-pyrrole nitrogens is 1. The third-order valence-electron chi connectivity index (χ3n) is 3.21. The van der Waals surface area contributed by atoms with E-state index in [9.17, 15) is 9.18 Å². The number of aromatic nitrogens is 2. The zero-order valence-corrected chi connectivity index (χ0v) is 12.2. The molecule has 0 aliphatic rings. The molecule has 0 aliphatic carbocycles. The van der Waals surface area contributed by atoms with Crippen LogP contribution in [0.15, 0.2) is 64.4 Å². The summed E-state index contributed by atoms with van der Waals surface area (Å²) in [7, 11) is 0. The van der Waals surface area contributed by atoms with E-state index < -0.39 is 0 Å². The van der Waals surface area contributed by atoms with E-state index in [0.29, 0.717) is 5.69 Å². The zero-order chi connectivity index (χ0) is 14.8. The van der Waals surface area contributed by atoms with Gasteiger partial charge in [0, 0.05) is 11.1 Å². The number of nitrogens with one attached hydrogen (secondary N) is 1. The van der Waals surface area contributed by atoms with Crippen LogP contribution in [-0.2, 0) is 0 Å². The Morgan fingerprint density at radius 2 is 1.90 bits per heavy atom. The van der Waals surface area contributed by atoms with Gasteiger partial charge in [0.25, 0.3) is 0 Å². The van der Waals surface area contributed by atoms with Crippen molar-refractivity contribution in [3.8, 4) is 16.9 Å². The van der Waals surface area contributed by atoms with Crippen molar-refractivity contribution >= 4 is 11.8 Å². The summed E-state index contributed by atoms with van der Waals surface area (Å²) < 4.78 is 14.5. The highest BCUT2D eigenvalue weighted by Gasteiger charge is 2.07. The first-order valence-electron chi connectivity index (χ1n) is 6.39. The molecule has 0 radical (unpaired) electrons. The van der Waals surface area contributed by atoms with Crippen LogP contribution in [-0.4, -0.2) is 15.8 Å². The monoisotopic (exact) mass is 300 g/mol. The highest BCUT2D eigenvalue weighted by Crippen LogP contribution is 2.20. The number of nitrogens with zero attached hydrogens (tertiary/aromatic N) is 1. The van der Waals surface area contributed by atoms with E-state index in [4.69, 9.17) is 0 Å². The Hall–Kier alpha value is -2.27. The van der Waals surface area contributed by atoms with E-state index in [1.54, 1.807) is 34.7 Å². The second-order valence-electron chi connectivity index (χ2n) is 4.55. The molecule has 0 saturated heterocycles. The molecular weight excluding hydrogens is 287 g/mol. The van der Waals surface area contributed by atoms with Crippen molar-refractivity contribution in [2.24, 2.45) is 0 Å². The second kappa shape index (κ2) is 5.61. The Bertz CT molecular complexity index is 821. The lowest BCUT2D eigenvalue weighted by molar-refractivity contribution is 0.628. The van der Waals surface area contributed by atoms with Gasteiger partial charge in [-0.3, -0.25) is 4.57 Å². The number of rotatable bonds is 3. The van der Waals surface area contributed by atoms with Crippen LogP contribution in [0, 0.1) is 5.82 Å². The molecule has 0 atom stereocenters. The van der Waals surface area contributed by atoms with Gasteiger partial charge in [0.15, 0.2) is 0 Å². The Kier molecular flexibility index (Phi) is 3.66. The minimum atomic E-state index is -0.298. The van der Waals surface area contributed by atoms with Gasteiger partial charge in [-0.1, -0.05) is 6.07 Å². The second-order valence-corrected chi connectivity index (χ2v) is 5.43. The van der Waals surface area contributed by atoms with Gasteiger partial charge in [-0.15, -0.1) is 11.8 Å². The van der Waals surface area contributed by atoms with Crippen molar-refractivity contribution in [2.45, 2.75) is 4.90 Å². The number of hydrogen-bond donors (Lipinski definition) is 1. The summed E-state index contributed by atoms with van der Waals surface area (Å²) in [6.45, 7) is 0. The minimum absolute atomic E-state index is 0.215. The first-order chi connectivity index (χ1) is 10.2. The van der Waals surface area contributed by atoms with Crippen LogP contribution in [0.3, 0.4) is 0 Å². The molecule has 2 aromatic carbocycles.